The van der Waals surface area contributed by atoms with Gasteiger partial charge in [0.15, 0.2) is 0 Å². The van der Waals surface area contributed by atoms with E-state index in [2.05, 4.69) is 0 Å². The number of hydrogen-bond acceptors (Lipinski definition) is 2. The fraction of sp³-hybridized carbons (Fsp3) is 0.357. The van der Waals surface area contributed by atoms with Crippen LogP contribution in [0.5, 0.6) is 0 Å². The predicted octanol–water partition coefficient (Wildman–Crippen LogP) is 2.33. The molecule has 1 aromatic carbocycles. The lowest BCUT2D eigenvalue weighted by Crippen LogP contribution is -2.40. The molecule has 1 aromatic rings. The average Bonchev–Trinajstić information content (AvgIpc) is 2.30. The molecule has 0 heterocycles. The molecule has 1 aliphatic rings. The Morgan fingerprint density at radius 2 is 2.00 bits per heavy atom. The summed E-state index contributed by atoms with van der Waals surface area (Å²) in [7, 11) is 0. The highest BCUT2D eigenvalue weighted by Crippen LogP contribution is 2.36. The van der Waals surface area contributed by atoms with E-state index in [0.29, 0.717) is 12.0 Å². The highest BCUT2D eigenvalue weighted by Gasteiger charge is 2.41. The predicted molar refractivity (Wildman–Crippen MR) is 64.8 cm³/mol. The van der Waals surface area contributed by atoms with Gasteiger partial charge in [-0.2, -0.15) is 0 Å². The van der Waals surface area contributed by atoms with E-state index in [9.17, 15) is 15.0 Å². The standard InChI is InChI=1S/C14H16O3/c15-13(16)12(11-7-3-1-4-8-11)14(17)9-5-2-6-10-14/h1,3-5,7-9,12,17H,2,6,10H2,(H,15,16)/t12-,14-/m1/s1. The third-order valence-corrected chi connectivity index (χ3v) is 3.23. The summed E-state index contributed by atoms with van der Waals surface area (Å²) in [6.07, 6.45) is 5.73. The lowest BCUT2D eigenvalue weighted by atomic mass is 9.76. The molecule has 0 radical (unpaired) electrons. The quantitative estimate of drug-likeness (QED) is 0.786. The zero-order chi connectivity index (χ0) is 12.3. The van der Waals surface area contributed by atoms with Crippen molar-refractivity contribution in [3.63, 3.8) is 0 Å². The average molecular weight is 232 g/mol. The summed E-state index contributed by atoms with van der Waals surface area (Å²) in [5.41, 5.74) is -0.611. The van der Waals surface area contributed by atoms with Gasteiger partial charge in [0.1, 0.15) is 11.5 Å². The monoisotopic (exact) mass is 232 g/mol. The highest BCUT2D eigenvalue weighted by molar-refractivity contribution is 5.78. The van der Waals surface area contributed by atoms with Gasteiger partial charge in [-0.1, -0.05) is 42.5 Å². The van der Waals surface area contributed by atoms with Gasteiger partial charge in [0.25, 0.3) is 0 Å². The Morgan fingerprint density at radius 3 is 2.53 bits per heavy atom. The van der Waals surface area contributed by atoms with Crippen LogP contribution in [0.3, 0.4) is 0 Å². The van der Waals surface area contributed by atoms with Crippen molar-refractivity contribution in [1.29, 1.82) is 0 Å². The van der Waals surface area contributed by atoms with Crippen molar-refractivity contribution in [2.24, 2.45) is 0 Å². The van der Waals surface area contributed by atoms with Crippen LogP contribution in [0.2, 0.25) is 0 Å². The molecule has 0 unspecified atom stereocenters. The van der Waals surface area contributed by atoms with E-state index < -0.39 is 17.5 Å². The van der Waals surface area contributed by atoms with E-state index in [1.807, 2.05) is 12.1 Å². The Labute approximate surface area is 100 Å². The Morgan fingerprint density at radius 1 is 1.29 bits per heavy atom. The highest BCUT2D eigenvalue weighted by atomic mass is 16.4. The normalized spacial score (nSPS) is 25.5. The molecule has 0 saturated carbocycles. The lowest BCUT2D eigenvalue weighted by molar-refractivity contribution is -0.144. The maximum absolute atomic E-state index is 11.4. The van der Waals surface area contributed by atoms with E-state index in [1.54, 1.807) is 30.3 Å². The molecular formula is C14H16O3. The summed E-state index contributed by atoms with van der Waals surface area (Å²) in [6.45, 7) is 0. The SMILES string of the molecule is O=C(O)[C@@H](c1ccccc1)[C@@]1(O)C=CCCC1. The number of rotatable bonds is 3. The molecular weight excluding hydrogens is 216 g/mol. The third-order valence-electron chi connectivity index (χ3n) is 3.23. The molecule has 1 aliphatic carbocycles. The number of carboxylic acids is 1. The van der Waals surface area contributed by atoms with Gasteiger partial charge in [0, 0.05) is 0 Å². The van der Waals surface area contributed by atoms with Crippen LogP contribution in [0, 0.1) is 0 Å². The summed E-state index contributed by atoms with van der Waals surface area (Å²) >= 11 is 0. The summed E-state index contributed by atoms with van der Waals surface area (Å²) in [5.74, 6) is -1.87. The Bertz CT molecular complexity index is 424. The minimum absolute atomic E-state index is 0.495. The van der Waals surface area contributed by atoms with Gasteiger partial charge in [-0.15, -0.1) is 0 Å². The van der Waals surface area contributed by atoms with Crippen LogP contribution in [0.1, 0.15) is 30.7 Å². The zero-order valence-electron chi connectivity index (χ0n) is 9.54. The molecule has 0 saturated heterocycles. The van der Waals surface area contributed by atoms with E-state index in [-0.39, 0.29) is 0 Å². The van der Waals surface area contributed by atoms with Gasteiger partial charge < -0.3 is 10.2 Å². The van der Waals surface area contributed by atoms with Crippen LogP contribution >= 0.6 is 0 Å². The van der Waals surface area contributed by atoms with E-state index in [4.69, 9.17) is 0 Å². The molecule has 0 fully saturated rings. The van der Waals surface area contributed by atoms with Crippen molar-refractivity contribution in [3.8, 4) is 0 Å². The van der Waals surface area contributed by atoms with Crippen molar-refractivity contribution in [2.45, 2.75) is 30.8 Å². The maximum atomic E-state index is 11.4. The summed E-state index contributed by atoms with van der Waals surface area (Å²) in [4.78, 5) is 11.4. The first kappa shape index (κ1) is 11.9. The summed E-state index contributed by atoms with van der Waals surface area (Å²) < 4.78 is 0. The zero-order valence-corrected chi connectivity index (χ0v) is 9.54. The number of hydrogen-bond donors (Lipinski definition) is 2. The third kappa shape index (κ3) is 2.39. The van der Waals surface area contributed by atoms with Crippen LogP contribution in [-0.2, 0) is 4.79 Å². The lowest BCUT2D eigenvalue weighted by Gasteiger charge is -2.33. The molecule has 0 amide bonds. The Balaban J connectivity index is 2.39. The second-order valence-corrected chi connectivity index (χ2v) is 4.47. The molecule has 90 valence electrons. The van der Waals surface area contributed by atoms with Crippen LogP contribution in [0.4, 0.5) is 0 Å². The molecule has 2 atom stereocenters. The number of carbonyl (C=O) groups is 1. The Hall–Kier alpha value is -1.61. The van der Waals surface area contributed by atoms with E-state index >= 15 is 0 Å². The van der Waals surface area contributed by atoms with Gasteiger partial charge in [-0.05, 0) is 24.8 Å². The number of benzene rings is 1. The molecule has 3 nitrogen and oxygen atoms in total. The first-order valence-corrected chi connectivity index (χ1v) is 5.81. The van der Waals surface area contributed by atoms with Crippen molar-refractivity contribution >= 4 is 5.97 Å². The minimum atomic E-state index is -1.26. The number of carboxylic acid groups (broad SMARTS) is 1. The largest absolute Gasteiger partial charge is 0.481 e. The van der Waals surface area contributed by atoms with Crippen molar-refractivity contribution < 1.29 is 15.0 Å². The van der Waals surface area contributed by atoms with Gasteiger partial charge in [-0.3, -0.25) is 4.79 Å². The number of allylic oxidation sites excluding steroid dienone is 1. The molecule has 0 aromatic heterocycles. The summed E-state index contributed by atoms with van der Waals surface area (Å²) in [6, 6.07) is 8.92. The molecule has 0 bridgehead atoms. The topological polar surface area (TPSA) is 57.5 Å². The fourth-order valence-electron chi connectivity index (χ4n) is 2.40. The first-order chi connectivity index (χ1) is 8.13. The summed E-state index contributed by atoms with van der Waals surface area (Å²) in [5, 5.41) is 19.8. The van der Waals surface area contributed by atoms with E-state index in [0.717, 1.165) is 12.8 Å². The molecule has 17 heavy (non-hydrogen) atoms. The number of aliphatic carboxylic acids is 1. The number of aliphatic hydroxyl groups is 1. The van der Waals surface area contributed by atoms with Crippen LogP contribution in [0.25, 0.3) is 0 Å². The fourth-order valence-corrected chi connectivity index (χ4v) is 2.40. The maximum Gasteiger partial charge on any atom is 0.314 e. The second kappa shape index (κ2) is 4.72. The van der Waals surface area contributed by atoms with Gasteiger partial charge in [0.2, 0.25) is 0 Å². The Kier molecular flexibility index (Phi) is 3.29. The van der Waals surface area contributed by atoms with Crippen molar-refractivity contribution in [1.82, 2.24) is 0 Å². The first-order valence-electron chi connectivity index (χ1n) is 5.81. The van der Waals surface area contributed by atoms with Crippen LogP contribution in [0.15, 0.2) is 42.5 Å². The van der Waals surface area contributed by atoms with Crippen LogP contribution < -0.4 is 0 Å². The van der Waals surface area contributed by atoms with Crippen molar-refractivity contribution in [2.75, 3.05) is 0 Å². The molecule has 0 aliphatic heterocycles. The molecule has 0 spiro atoms. The molecule has 2 rings (SSSR count). The molecule has 2 N–H and O–H groups in total. The van der Waals surface area contributed by atoms with Crippen LogP contribution in [-0.4, -0.2) is 21.8 Å². The minimum Gasteiger partial charge on any atom is -0.481 e. The van der Waals surface area contributed by atoms with E-state index in [1.165, 1.54) is 0 Å². The van der Waals surface area contributed by atoms with Gasteiger partial charge >= 0.3 is 5.97 Å². The van der Waals surface area contributed by atoms with Gasteiger partial charge in [-0.25, -0.2) is 0 Å². The smallest absolute Gasteiger partial charge is 0.314 e. The molecule has 3 heteroatoms. The second-order valence-electron chi connectivity index (χ2n) is 4.47. The van der Waals surface area contributed by atoms with Gasteiger partial charge in [0.05, 0.1) is 0 Å². The van der Waals surface area contributed by atoms with Crippen molar-refractivity contribution in [3.05, 3.63) is 48.0 Å².